The number of rotatable bonds is 2. The second-order valence-corrected chi connectivity index (χ2v) is 4.50. The quantitative estimate of drug-likeness (QED) is 0.745. The van der Waals surface area contributed by atoms with E-state index in [2.05, 4.69) is 22.4 Å². The van der Waals surface area contributed by atoms with E-state index >= 15 is 0 Å². The van der Waals surface area contributed by atoms with Crippen molar-refractivity contribution in [2.45, 2.75) is 51.5 Å². The average molecular weight is 204 g/mol. The van der Waals surface area contributed by atoms with Crippen LogP contribution < -0.4 is 5.32 Å². The molecule has 0 bridgehead atoms. The molecule has 1 saturated carbocycles. The second kappa shape index (κ2) is 5.15. The monoisotopic (exact) mass is 204 g/mol. The lowest BCUT2D eigenvalue weighted by molar-refractivity contribution is 0.617. The smallest absolute Gasteiger partial charge is 0.126 e. The molecule has 2 heteroatoms. The Morgan fingerprint density at radius 2 is 1.87 bits per heavy atom. The van der Waals surface area contributed by atoms with Gasteiger partial charge in [0.2, 0.25) is 0 Å². The summed E-state index contributed by atoms with van der Waals surface area (Å²) in [5.41, 5.74) is 1.09. The average Bonchev–Trinajstić information content (AvgIpc) is 2.46. The molecule has 0 spiro atoms. The van der Waals surface area contributed by atoms with Crippen LogP contribution in [0.5, 0.6) is 0 Å². The van der Waals surface area contributed by atoms with Gasteiger partial charge in [0.05, 0.1) is 0 Å². The van der Waals surface area contributed by atoms with E-state index in [-0.39, 0.29) is 0 Å². The van der Waals surface area contributed by atoms with Crippen LogP contribution in [0.15, 0.2) is 18.2 Å². The predicted molar refractivity (Wildman–Crippen MR) is 64.1 cm³/mol. The Hall–Kier alpha value is -1.05. The fourth-order valence-corrected chi connectivity index (χ4v) is 2.26. The molecular formula is C13H20N2. The van der Waals surface area contributed by atoms with E-state index in [9.17, 15) is 0 Å². The molecule has 0 unspecified atom stereocenters. The summed E-state index contributed by atoms with van der Waals surface area (Å²) in [7, 11) is 0. The molecular weight excluding hydrogens is 184 g/mol. The van der Waals surface area contributed by atoms with Gasteiger partial charge in [-0.2, -0.15) is 0 Å². The first kappa shape index (κ1) is 10.5. The van der Waals surface area contributed by atoms with Crippen molar-refractivity contribution < 1.29 is 0 Å². The van der Waals surface area contributed by atoms with E-state index in [4.69, 9.17) is 0 Å². The molecule has 1 N–H and O–H groups in total. The fraction of sp³-hybridized carbons (Fsp3) is 0.615. The molecule has 1 fully saturated rings. The first-order chi connectivity index (χ1) is 7.34. The Kier molecular flexibility index (Phi) is 3.59. The highest BCUT2D eigenvalue weighted by Crippen LogP contribution is 2.20. The molecule has 2 rings (SSSR count). The van der Waals surface area contributed by atoms with Gasteiger partial charge in [0.25, 0.3) is 0 Å². The summed E-state index contributed by atoms with van der Waals surface area (Å²) in [5, 5.41) is 3.55. The number of pyridine rings is 1. The van der Waals surface area contributed by atoms with E-state index in [0.717, 1.165) is 11.5 Å². The topological polar surface area (TPSA) is 24.9 Å². The van der Waals surface area contributed by atoms with Crippen LogP contribution in [0.3, 0.4) is 0 Å². The summed E-state index contributed by atoms with van der Waals surface area (Å²) < 4.78 is 0. The number of aryl methyl sites for hydroxylation is 1. The molecule has 1 aliphatic rings. The number of hydrogen-bond acceptors (Lipinski definition) is 2. The minimum absolute atomic E-state index is 0.641. The first-order valence-corrected chi connectivity index (χ1v) is 6.05. The van der Waals surface area contributed by atoms with Gasteiger partial charge in [0, 0.05) is 11.7 Å². The van der Waals surface area contributed by atoms with Gasteiger partial charge in [0.1, 0.15) is 5.82 Å². The molecule has 0 aliphatic heterocycles. The highest BCUT2D eigenvalue weighted by Gasteiger charge is 2.11. The molecule has 0 radical (unpaired) electrons. The van der Waals surface area contributed by atoms with E-state index in [1.165, 1.54) is 38.5 Å². The van der Waals surface area contributed by atoms with Crippen molar-refractivity contribution in [2.75, 3.05) is 5.32 Å². The van der Waals surface area contributed by atoms with E-state index in [1.54, 1.807) is 0 Å². The molecule has 0 saturated heterocycles. The largest absolute Gasteiger partial charge is 0.367 e. The van der Waals surface area contributed by atoms with Crippen LogP contribution in [-0.4, -0.2) is 11.0 Å². The normalized spacial score (nSPS) is 18.5. The van der Waals surface area contributed by atoms with Crippen molar-refractivity contribution in [2.24, 2.45) is 0 Å². The molecule has 0 aromatic carbocycles. The molecule has 1 aromatic rings. The lowest BCUT2D eigenvalue weighted by Crippen LogP contribution is -2.19. The summed E-state index contributed by atoms with van der Waals surface area (Å²) in [6.45, 7) is 2.04. The molecule has 15 heavy (non-hydrogen) atoms. The number of anilines is 1. The van der Waals surface area contributed by atoms with Crippen LogP contribution in [0.25, 0.3) is 0 Å². The number of nitrogens with one attached hydrogen (secondary N) is 1. The van der Waals surface area contributed by atoms with E-state index in [0.29, 0.717) is 6.04 Å². The maximum absolute atomic E-state index is 4.49. The Bertz CT molecular complexity index is 301. The Balaban J connectivity index is 1.95. The molecule has 82 valence electrons. The van der Waals surface area contributed by atoms with Crippen LogP contribution in [0.1, 0.15) is 44.2 Å². The van der Waals surface area contributed by atoms with Crippen molar-refractivity contribution >= 4 is 5.82 Å². The fourth-order valence-electron chi connectivity index (χ4n) is 2.26. The summed E-state index contributed by atoms with van der Waals surface area (Å²) in [6, 6.07) is 6.82. The van der Waals surface area contributed by atoms with Crippen LogP contribution in [0, 0.1) is 6.92 Å². The first-order valence-electron chi connectivity index (χ1n) is 6.05. The van der Waals surface area contributed by atoms with Crippen LogP contribution >= 0.6 is 0 Å². The standard InChI is InChI=1S/C13H20N2/c1-11-7-6-10-13(14-11)15-12-8-4-2-3-5-9-12/h6-7,10,12H,2-5,8-9H2,1H3,(H,14,15). The maximum Gasteiger partial charge on any atom is 0.126 e. The third kappa shape index (κ3) is 3.22. The van der Waals surface area contributed by atoms with Gasteiger partial charge in [-0.05, 0) is 31.9 Å². The van der Waals surface area contributed by atoms with E-state index < -0.39 is 0 Å². The Labute approximate surface area is 92.1 Å². The Morgan fingerprint density at radius 1 is 1.13 bits per heavy atom. The summed E-state index contributed by atoms with van der Waals surface area (Å²) in [5.74, 6) is 1.04. The summed E-state index contributed by atoms with van der Waals surface area (Å²) in [6.07, 6.45) is 8.14. The van der Waals surface area contributed by atoms with Gasteiger partial charge in [-0.3, -0.25) is 0 Å². The van der Waals surface area contributed by atoms with Crippen LogP contribution in [0.2, 0.25) is 0 Å². The van der Waals surface area contributed by atoms with E-state index in [1.807, 2.05) is 13.0 Å². The zero-order chi connectivity index (χ0) is 10.5. The van der Waals surface area contributed by atoms with Crippen molar-refractivity contribution in [3.05, 3.63) is 23.9 Å². The maximum atomic E-state index is 4.49. The van der Waals surface area contributed by atoms with Gasteiger partial charge in [-0.15, -0.1) is 0 Å². The molecule has 1 aliphatic carbocycles. The molecule has 1 aromatic heterocycles. The summed E-state index contributed by atoms with van der Waals surface area (Å²) >= 11 is 0. The zero-order valence-electron chi connectivity index (χ0n) is 9.50. The zero-order valence-corrected chi connectivity index (χ0v) is 9.50. The van der Waals surface area contributed by atoms with Crippen molar-refractivity contribution in [3.8, 4) is 0 Å². The third-order valence-corrected chi connectivity index (χ3v) is 3.10. The lowest BCUT2D eigenvalue weighted by atomic mass is 10.1. The summed E-state index contributed by atoms with van der Waals surface area (Å²) in [4.78, 5) is 4.49. The molecule has 0 atom stereocenters. The van der Waals surface area contributed by atoms with Gasteiger partial charge >= 0.3 is 0 Å². The number of aromatic nitrogens is 1. The number of hydrogen-bond donors (Lipinski definition) is 1. The van der Waals surface area contributed by atoms with Gasteiger partial charge in [-0.25, -0.2) is 4.98 Å². The van der Waals surface area contributed by atoms with Crippen molar-refractivity contribution in [1.29, 1.82) is 0 Å². The van der Waals surface area contributed by atoms with Crippen LogP contribution in [-0.2, 0) is 0 Å². The lowest BCUT2D eigenvalue weighted by Gasteiger charge is -2.16. The third-order valence-electron chi connectivity index (χ3n) is 3.10. The highest BCUT2D eigenvalue weighted by molar-refractivity contribution is 5.36. The van der Waals surface area contributed by atoms with Crippen LogP contribution in [0.4, 0.5) is 5.82 Å². The molecule has 1 heterocycles. The van der Waals surface area contributed by atoms with Crippen molar-refractivity contribution in [3.63, 3.8) is 0 Å². The van der Waals surface area contributed by atoms with Gasteiger partial charge < -0.3 is 5.32 Å². The second-order valence-electron chi connectivity index (χ2n) is 4.50. The minimum atomic E-state index is 0.641. The van der Waals surface area contributed by atoms with Gasteiger partial charge in [-0.1, -0.05) is 31.7 Å². The minimum Gasteiger partial charge on any atom is -0.367 e. The Morgan fingerprint density at radius 3 is 2.53 bits per heavy atom. The highest BCUT2D eigenvalue weighted by atomic mass is 15.0. The molecule has 2 nitrogen and oxygen atoms in total. The SMILES string of the molecule is Cc1cccc(NC2CCCCCC2)n1. The molecule has 0 amide bonds. The van der Waals surface area contributed by atoms with Crippen molar-refractivity contribution in [1.82, 2.24) is 4.98 Å². The predicted octanol–water partition coefficient (Wildman–Crippen LogP) is 3.52. The van der Waals surface area contributed by atoms with Gasteiger partial charge in [0.15, 0.2) is 0 Å². The number of nitrogens with zero attached hydrogens (tertiary/aromatic N) is 1.